The summed E-state index contributed by atoms with van der Waals surface area (Å²) in [6.07, 6.45) is 7.52. The molecule has 4 saturated carbocycles. The van der Waals surface area contributed by atoms with Gasteiger partial charge in [-0.3, -0.25) is 0 Å². The average Bonchev–Trinajstić information content (AvgIpc) is 1.98. The van der Waals surface area contributed by atoms with Gasteiger partial charge in [-0.1, -0.05) is 12.2 Å². The van der Waals surface area contributed by atoms with Gasteiger partial charge in [0.15, 0.2) is 0 Å². The molecule has 0 N–H and O–H groups in total. The number of hydrogen-bond donors (Lipinski definition) is 0. The Balaban J connectivity index is 1.96. The molecule has 11 heavy (non-hydrogen) atoms. The summed E-state index contributed by atoms with van der Waals surface area (Å²) >= 11 is 0. The van der Waals surface area contributed by atoms with E-state index in [1.54, 1.807) is 12.0 Å². The highest BCUT2D eigenvalue weighted by atomic mass is 14.5. The predicted molar refractivity (Wildman–Crippen MR) is 46.2 cm³/mol. The summed E-state index contributed by atoms with van der Waals surface area (Å²) in [5.74, 6) is 4.10. The van der Waals surface area contributed by atoms with Crippen LogP contribution in [-0.4, -0.2) is 0 Å². The van der Waals surface area contributed by atoms with Crippen molar-refractivity contribution in [1.82, 2.24) is 0 Å². The molecule has 0 radical (unpaired) electrons. The summed E-state index contributed by atoms with van der Waals surface area (Å²) in [5.41, 5.74) is 1.62. The van der Waals surface area contributed by atoms with Crippen LogP contribution in [0.15, 0.2) is 12.2 Å². The number of hydrogen-bond acceptors (Lipinski definition) is 0. The van der Waals surface area contributed by atoms with Gasteiger partial charge < -0.3 is 0 Å². The van der Waals surface area contributed by atoms with Crippen molar-refractivity contribution in [3.8, 4) is 0 Å². The summed E-state index contributed by atoms with van der Waals surface area (Å²) in [7, 11) is 0. The van der Waals surface area contributed by atoms with Crippen molar-refractivity contribution < 1.29 is 0 Å². The Morgan fingerprint density at radius 1 is 0.818 bits per heavy atom. The molecule has 4 aliphatic carbocycles. The Bertz CT molecular complexity index is 172. The molecule has 0 amide bonds. The Morgan fingerprint density at radius 3 is 1.73 bits per heavy atom. The largest absolute Gasteiger partial charge is 0.0993 e. The fourth-order valence-electron chi connectivity index (χ4n) is 3.79. The van der Waals surface area contributed by atoms with Gasteiger partial charge in [-0.2, -0.15) is 0 Å². The van der Waals surface area contributed by atoms with E-state index in [1.807, 2.05) is 0 Å². The summed E-state index contributed by atoms with van der Waals surface area (Å²) in [4.78, 5) is 0. The molecule has 0 aliphatic heterocycles. The van der Waals surface area contributed by atoms with Gasteiger partial charge in [0.05, 0.1) is 0 Å². The highest BCUT2D eigenvalue weighted by Crippen LogP contribution is 2.55. The second-order valence-corrected chi connectivity index (χ2v) is 4.88. The number of rotatable bonds is 0. The van der Waals surface area contributed by atoms with Crippen molar-refractivity contribution in [1.29, 1.82) is 0 Å². The Labute approximate surface area is 68.7 Å². The topological polar surface area (TPSA) is 0 Å². The maximum Gasteiger partial charge on any atom is -0.0198 e. The molecule has 0 atom stereocenters. The molecule has 4 fully saturated rings. The smallest absolute Gasteiger partial charge is 0.0198 e. The van der Waals surface area contributed by atoms with E-state index in [2.05, 4.69) is 6.58 Å². The van der Waals surface area contributed by atoms with Crippen LogP contribution in [0.25, 0.3) is 0 Å². The lowest BCUT2D eigenvalue weighted by Crippen LogP contribution is -2.39. The molecule has 0 nitrogen and oxygen atoms in total. The maximum atomic E-state index is 4.25. The average molecular weight is 148 g/mol. The lowest BCUT2D eigenvalue weighted by atomic mass is 9.54. The standard InChI is InChI=1S/C11H16/c1-7-10-3-8-2-9(5-10)6-11(7)4-8/h8-11H,1-6H2. The van der Waals surface area contributed by atoms with Crippen molar-refractivity contribution >= 4 is 0 Å². The van der Waals surface area contributed by atoms with Gasteiger partial charge in [0.2, 0.25) is 0 Å². The highest BCUT2D eigenvalue weighted by molar-refractivity contribution is 5.16. The zero-order chi connectivity index (χ0) is 7.42. The van der Waals surface area contributed by atoms with Crippen LogP contribution in [-0.2, 0) is 0 Å². The minimum absolute atomic E-state index is 0.950. The van der Waals surface area contributed by atoms with Crippen LogP contribution in [0.1, 0.15) is 32.1 Å². The minimum Gasteiger partial charge on any atom is -0.0993 e. The van der Waals surface area contributed by atoms with Gasteiger partial charge >= 0.3 is 0 Å². The van der Waals surface area contributed by atoms with E-state index in [9.17, 15) is 0 Å². The van der Waals surface area contributed by atoms with E-state index in [4.69, 9.17) is 0 Å². The summed E-state index contributed by atoms with van der Waals surface area (Å²) in [5, 5.41) is 0. The second kappa shape index (κ2) is 1.91. The molecule has 60 valence electrons. The van der Waals surface area contributed by atoms with Gasteiger partial charge in [0.25, 0.3) is 0 Å². The molecular weight excluding hydrogens is 132 g/mol. The quantitative estimate of drug-likeness (QED) is 0.463. The maximum absolute atomic E-state index is 4.25. The minimum atomic E-state index is 0.950. The van der Waals surface area contributed by atoms with E-state index in [0.29, 0.717) is 0 Å². The molecule has 0 aromatic carbocycles. The second-order valence-electron chi connectivity index (χ2n) is 4.88. The van der Waals surface area contributed by atoms with Crippen LogP contribution in [0.5, 0.6) is 0 Å². The van der Waals surface area contributed by atoms with Crippen molar-refractivity contribution in [2.24, 2.45) is 23.7 Å². The molecule has 0 spiro atoms. The van der Waals surface area contributed by atoms with Crippen molar-refractivity contribution in [3.63, 3.8) is 0 Å². The fourth-order valence-corrected chi connectivity index (χ4v) is 3.79. The molecular formula is C11H16. The van der Waals surface area contributed by atoms with Crippen LogP contribution >= 0.6 is 0 Å². The van der Waals surface area contributed by atoms with Crippen molar-refractivity contribution in [3.05, 3.63) is 12.2 Å². The molecule has 0 heterocycles. The Hall–Kier alpha value is -0.260. The van der Waals surface area contributed by atoms with Crippen LogP contribution in [0, 0.1) is 23.7 Å². The Kier molecular flexibility index (Phi) is 1.09. The molecule has 4 rings (SSSR count). The van der Waals surface area contributed by atoms with E-state index in [1.165, 1.54) is 25.7 Å². The van der Waals surface area contributed by atoms with Gasteiger partial charge in [-0.25, -0.2) is 0 Å². The van der Waals surface area contributed by atoms with Gasteiger partial charge in [0, 0.05) is 0 Å². The molecule has 0 heteroatoms. The molecule has 4 bridgehead atoms. The Morgan fingerprint density at radius 2 is 1.27 bits per heavy atom. The first kappa shape index (κ1) is 6.28. The van der Waals surface area contributed by atoms with Gasteiger partial charge in [-0.05, 0) is 55.8 Å². The van der Waals surface area contributed by atoms with Crippen LogP contribution in [0.3, 0.4) is 0 Å². The molecule has 0 saturated heterocycles. The highest BCUT2D eigenvalue weighted by Gasteiger charge is 2.43. The van der Waals surface area contributed by atoms with Gasteiger partial charge in [0.1, 0.15) is 0 Å². The lowest BCUT2D eigenvalue weighted by molar-refractivity contribution is 0.0703. The molecule has 4 aliphatic rings. The molecule has 0 aromatic heterocycles. The zero-order valence-electron chi connectivity index (χ0n) is 7.05. The summed E-state index contributed by atoms with van der Waals surface area (Å²) in [6, 6.07) is 0. The predicted octanol–water partition coefficient (Wildman–Crippen LogP) is 3.00. The zero-order valence-corrected chi connectivity index (χ0v) is 7.05. The fraction of sp³-hybridized carbons (Fsp3) is 0.818. The van der Waals surface area contributed by atoms with E-state index < -0.39 is 0 Å². The third-order valence-corrected chi connectivity index (χ3v) is 4.19. The van der Waals surface area contributed by atoms with E-state index >= 15 is 0 Å². The first-order valence-corrected chi connectivity index (χ1v) is 5.01. The van der Waals surface area contributed by atoms with E-state index in [0.717, 1.165) is 23.7 Å². The van der Waals surface area contributed by atoms with Crippen LogP contribution in [0.4, 0.5) is 0 Å². The SMILES string of the molecule is C=C1C2CC3CC(C2)CC1C3. The lowest BCUT2D eigenvalue weighted by Gasteiger charge is -2.51. The third-order valence-electron chi connectivity index (χ3n) is 4.19. The molecule has 0 aromatic rings. The van der Waals surface area contributed by atoms with Gasteiger partial charge in [-0.15, -0.1) is 0 Å². The summed E-state index contributed by atoms with van der Waals surface area (Å²) < 4.78 is 0. The normalized spacial score (nSPS) is 53.6. The van der Waals surface area contributed by atoms with Crippen LogP contribution in [0.2, 0.25) is 0 Å². The third kappa shape index (κ3) is 0.758. The van der Waals surface area contributed by atoms with Crippen molar-refractivity contribution in [2.75, 3.05) is 0 Å². The monoisotopic (exact) mass is 148 g/mol. The first-order valence-electron chi connectivity index (χ1n) is 5.01. The van der Waals surface area contributed by atoms with E-state index in [-0.39, 0.29) is 0 Å². The first-order chi connectivity index (χ1) is 5.33. The van der Waals surface area contributed by atoms with Crippen molar-refractivity contribution in [2.45, 2.75) is 32.1 Å². The number of allylic oxidation sites excluding steroid dienone is 1. The molecule has 0 unspecified atom stereocenters. The summed E-state index contributed by atoms with van der Waals surface area (Å²) in [6.45, 7) is 4.25. The van der Waals surface area contributed by atoms with Crippen LogP contribution < -0.4 is 0 Å².